The van der Waals surface area contributed by atoms with E-state index in [-0.39, 0.29) is 5.91 Å². The number of para-hydroxylation sites is 1. The van der Waals surface area contributed by atoms with Crippen LogP contribution in [-0.2, 0) is 10.3 Å². The zero-order valence-corrected chi connectivity index (χ0v) is 13.5. The molecule has 3 nitrogen and oxygen atoms in total. The number of hydrogen-bond acceptors (Lipinski definition) is 2. The van der Waals surface area contributed by atoms with Crippen molar-refractivity contribution in [1.82, 2.24) is 5.32 Å². The molecule has 1 saturated heterocycles. The van der Waals surface area contributed by atoms with Gasteiger partial charge in [-0.25, -0.2) is 0 Å². The molecule has 1 amide bonds. The Kier molecular flexibility index (Phi) is 4.27. The van der Waals surface area contributed by atoms with Crippen LogP contribution >= 0.6 is 0 Å². The molecule has 1 aromatic carbocycles. The minimum absolute atomic E-state index is 0.136. The predicted molar refractivity (Wildman–Crippen MR) is 95.5 cm³/mol. The number of nitrogens with zero attached hydrogens (tertiary/aromatic N) is 1. The number of amides is 1. The maximum atomic E-state index is 13.1. The number of fused-ring (bicyclic) bond motifs is 2. The van der Waals surface area contributed by atoms with Crippen LogP contribution in [0.2, 0.25) is 0 Å². The van der Waals surface area contributed by atoms with Gasteiger partial charge in [0.1, 0.15) is 13.4 Å². The zero-order chi connectivity index (χ0) is 16.4. The van der Waals surface area contributed by atoms with Crippen molar-refractivity contribution < 1.29 is 4.79 Å². The van der Waals surface area contributed by atoms with Crippen LogP contribution in [0.1, 0.15) is 25.3 Å². The Hall–Kier alpha value is -2.07. The van der Waals surface area contributed by atoms with Crippen molar-refractivity contribution in [2.45, 2.75) is 25.3 Å². The monoisotopic (exact) mass is 304 g/mol. The van der Waals surface area contributed by atoms with Crippen molar-refractivity contribution in [2.24, 2.45) is 0 Å². The number of benzene rings is 1. The molecule has 2 radical (unpaired) electrons. The van der Waals surface area contributed by atoms with Gasteiger partial charge in [0.25, 0.3) is 5.91 Å². The van der Waals surface area contributed by atoms with Crippen molar-refractivity contribution in [3.8, 4) is 0 Å². The summed E-state index contributed by atoms with van der Waals surface area (Å²) >= 11 is 0. The van der Waals surface area contributed by atoms with E-state index >= 15 is 0 Å². The molecule has 4 heteroatoms. The molecule has 1 fully saturated rings. The van der Waals surface area contributed by atoms with E-state index < -0.39 is 5.54 Å². The summed E-state index contributed by atoms with van der Waals surface area (Å²) in [5.41, 5.74) is 3.24. The van der Waals surface area contributed by atoms with E-state index in [1.165, 1.54) is 0 Å². The average Bonchev–Trinajstić information content (AvgIpc) is 3.12. The molecule has 1 atom stereocenters. The first kappa shape index (κ1) is 15.8. The van der Waals surface area contributed by atoms with E-state index in [4.69, 9.17) is 7.85 Å². The third-order valence-corrected chi connectivity index (χ3v) is 4.58. The van der Waals surface area contributed by atoms with Gasteiger partial charge in [-0.1, -0.05) is 49.9 Å². The van der Waals surface area contributed by atoms with Gasteiger partial charge in [-0.15, -0.1) is 5.47 Å². The molecular weight excluding hydrogens is 283 g/mol. The van der Waals surface area contributed by atoms with Crippen LogP contribution in [-0.4, -0.2) is 26.8 Å². The Balaban J connectivity index is 1.97. The first-order chi connectivity index (χ1) is 11.1. The van der Waals surface area contributed by atoms with Crippen molar-refractivity contribution in [2.75, 3.05) is 18.0 Å². The fourth-order valence-electron chi connectivity index (χ4n) is 3.44. The fraction of sp³-hybridized carbons (Fsp3) is 0.316. The highest BCUT2D eigenvalue weighted by atomic mass is 16.2. The van der Waals surface area contributed by atoms with E-state index in [9.17, 15) is 4.79 Å². The summed E-state index contributed by atoms with van der Waals surface area (Å²) in [6.45, 7) is 7.09. The second-order valence-corrected chi connectivity index (χ2v) is 6.20. The van der Waals surface area contributed by atoms with Gasteiger partial charge in [0, 0.05) is 11.3 Å². The summed E-state index contributed by atoms with van der Waals surface area (Å²) < 4.78 is 0. The summed E-state index contributed by atoms with van der Waals surface area (Å²) in [6.07, 6.45) is 7.42. The number of hydrogen-bond donors (Lipinski definition) is 1. The summed E-state index contributed by atoms with van der Waals surface area (Å²) in [4.78, 5) is 15.0. The van der Waals surface area contributed by atoms with Crippen molar-refractivity contribution in [3.63, 3.8) is 0 Å². The smallest absolute Gasteiger partial charge is 0.252 e. The molecule has 2 aliphatic rings. The molecule has 2 aliphatic heterocycles. The molecule has 1 aromatic rings. The number of anilines is 1. The molecule has 1 unspecified atom stereocenters. The lowest BCUT2D eigenvalue weighted by Gasteiger charge is -2.24. The van der Waals surface area contributed by atoms with Crippen LogP contribution in [0.25, 0.3) is 0 Å². The normalized spacial score (nSPS) is 24.4. The molecule has 0 saturated carbocycles. The van der Waals surface area contributed by atoms with Crippen LogP contribution in [0.4, 0.5) is 5.69 Å². The third kappa shape index (κ3) is 2.68. The highest BCUT2D eigenvalue weighted by molar-refractivity contribution is 6.21. The molecule has 2 heterocycles. The summed E-state index contributed by atoms with van der Waals surface area (Å²) in [5, 5.41) is 3.44. The number of rotatable bonds is 4. The lowest BCUT2D eigenvalue weighted by Crippen LogP contribution is -2.47. The molecular formula is C19H21BN2O. The third-order valence-electron chi connectivity index (χ3n) is 4.58. The van der Waals surface area contributed by atoms with E-state index in [2.05, 4.69) is 18.0 Å². The van der Waals surface area contributed by atoms with Gasteiger partial charge in [-0.2, -0.15) is 0 Å². The zero-order valence-electron chi connectivity index (χ0n) is 13.5. The molecule has 116 valence electrons. The largest absolute Gasteiger partial charge is 0.306 e. The fourth-order valence-corrected chi connectivity index (χ4v) is 3.44. The number of allylic oxidation sites excluding steroid dienone is 3. The Bertz CT molecular complexity index is 695. The number of carbonyl (C=O) groups excluding carboxylic acids is 1. The van der Waals surface area contributed by atoms with E-state index in [1.54, 1.807) is 6.08 Å². The first-order valence-electron chi connectivity index (χ1n) is 8.00. The second kappa shape index (κ2) is 6.21. The molecule has 0 aromatic heterocycles. The highest BCUT2D eigenvalue weighted by Gasteiger charge is 2.51. The van der Waals surface area contributed by atoms with Gasteiger partial charge in [-0.05, 0) is 31.0 Å². The van der Waals surface area contributed by atoms with E-state index in [0.29, 0.717) is 6.54 Å². The van der Waals surface area contributed by atoms with Crippen molar-refractivity contribution in [1.29, 1.82) is 0 Å². The van der Waals surface area contributed by atoms with Crippen LogP contribution in [0.5, 0.6) is 0 Å². The maximum absolute atomic E-state index is 13.1. The lowest BCUT2D eigenvalue weighted by molar-refractivity contribution is -0.123. The summed E-state index contributed by atoms with van der Waals surface area (Å²) in [6, 6.07) is 8.07. The Morgan fingerprint density at radius 2 is 2.22 bits per heavy atom. The van der Waals surface area contributed by atoms with Crippen LogP contribution in [0.3, 0.4) is 0 Å². The molecule has 0 aliphatic carbocycles. The molecule has 1 N–H and O–H groups in total. The van der Waals surface area contributed by atoms with Crippen molar-refractivity contribution in [3.05, 3.63) is 65.7 Å². The van der Waals surface area contributed by atoms with Gasteiger partial charge in [0.2, 0.25) is 0 Å². The van der Waals surface area contributed by atoms with Crippen LogP contribution in [0.15, 0.2) is 60.1 Å². The van der Waals surface area contributed by atoms with Gasteiger partial charge >= 0.3 is 0 Å². The van der Waals surface area contributed by atoms with Gasteiger partial charge in [-0.3, -0.25) is 10.1 Å². The standard InChI is InChI=1S/C19H21BN2O/c1-3-15(10-9-14(2)20)13-22-17-8-5-4-7-16(17)19(18(22)23)11-6-12-21-19/h3-5,7-10,21H,1,6,11-13H2,2H3/b14-9+,15-10+. The topological polar surface area (TPSA) is 32.3 Å². The Morgan fingerprint density at radius 3 is 2.87 bits per heavy atom. The number of carbonyl (C=O) groups is 1. The van der Waals surface area contributed by atoms with Crippen LogP contribution in [0, 0.1) is 0 Å². The van der Waals surface area contributed by atoms with Gasteiger partial charge < -0.3 is 4.90 Å². The Morgan fingerprint density at radius 1 is 1.43 bits per heavy atom. The lowest BCUT2D eigenvalue weighted by atomic mass is 9.90. The predicted octanol–water partition coefficient (Wildman–Crippen LogP) is 2.80. The molecule has 23 heavy (non-hydrogen) atoms. The van der Waals surface area contributed by atoms with Gasteiger partial charge in [0.15, 0.2) is 0 Å². The minimum atomic E-state index is -0.539. The van der Waals surface area contributed by atoms with Gasteiger partial charge in [0.05, 0.1) is 6.54 Å². The highest BCUT2D eigenvalue weighted by Crippen LogP contribution is 2.45. The quantitative estimate of drug-likeness (QED) is 0.685. The average molecular weight is 304 g/mol. The molecule has 1 spiro atoms. The minimum Gasteiger partial charge on any atom is -0.306 e. The second-order valence-electron chi connectivity index (χ2n) is 6.20. The molecule has 3 rings (SSSR count). The first-order valence-corrected chi connectivity index (χ1v) is 8.00. The number of nitrogens with one attached hydrogen (secondary N) is 1. The Labute approximate surface area is 139 Å². The maximum Gasteiger partial charge on any atom is 0.252 e. The summed E-state index contributed by atoms with van der Waals surface area (Å²) in [5.74, 6) is 0.136. The van der Waals surface area contributed by atoms with Crippen molar-refractivity contribution >= 4 is 19.4 Å². The summed E-state index contributed by atoms with van der Waals surface area (Å²) in [7, 11) is 5.69. The molecule has 0 bridgehead atoms. The van der Waals surface area contributed by atoms with Crippen LogP contribution < -0.4 is 10.2 Å². The van der Waals surface area contributed by atoms with E-state index in [1.807, 2.05) is 42.2 Å². The SMILES string of the molecule is [B]/C(C)=C/C=C(\C=C)CN1C(=O)C2(CCCN2)c2ccccc21. The van der Waals surface area contributed by atoms with E-state index in [0.717, 1.165) is 41.7 Å².